The van der Waals surface area contributed by atoms with Crippen LogP contribution >= 0.6 is 50.0 Å². The van der Waals surface area contributed by atoms with E-state index >= 15 is 0 Å². The van der Waals surface area contributed by atoms with Crippen molar-refractivity contribution in [3.05, 3.63) is 18.2 Å². The van der Waals surface area contributed by atoms with E-state index in [1.165, 1.54) is 20.4 Å². The van der Waals surface area contributed by atoms with Crippen LogP contribution in [0.25, 0.3) is 0 Å². The Bertz CT molecular complexity index is 254. The number of phenols is 1. The van der Waals surface area contributed by atoms with E-state index in [0.717, 1.165) is 9.79 Å². The van der Waals surface area contributed by atoms with E-state index < -0.39 is 0 Å². The first kappa shape index (κ1) is 9.77. The maximum atomic E-state index is 9.34. The van der Waals surface area contributed by atoms with Gasteiger partial charge in [0.1, 0.15) is 5.75 Å². The van der Waals surface area contributed by atoms with Gasteiger partial charge in [-0.3, -0.25) is 0 Å². The van der Waals surface area contributed by atoms with Crippen molar-refractivity contribution in [1.82, 2.24) is 0 Å². The average molecular weight is 316 g/mol. The van der Waals surface area contributed by atoms with Crippen LogP contribution in [0.3, 0.4) is 0 Å². The van der Waals surface area contributed by atoms with Gasteiger partial charge < -0.3 is 5.11 Å². The van der Waals surface area contributed by atoms with Crippen LogP contribution in [-0.4, -0.2) is 5.11 Å². The number of hydrogen-bond acceptors (Lipinski definition) is 3. The third-order valence-electron chi connectivity index (χ3n) is 1.12. The van der Waals surface area contributed by atoms with Crippen LogP contribution in [0.5, 0.6) is 5.75 Å². The largest absolute Gasteiger partial charge is 0.507 e. The topological polar surface area (TPSA) is 20.2 Å². The van der Waals surface area contributed by atoms with Crippen LogP contribution in [0.1, 0.15) is 0 Å². The van der Waals surface area contributed by atoms with Crippen LogP contribution < -0.4 is 0 Å². The van der Waals surface area contributed by atoms with Gasteiger partial charge in [-0.1, -0.05) is 6.07 Å². The molecule has 0 fully saturated rings. The summed E-state index contributed by atoms with van der Waals surface area (Å²) in [6, 6.07) is 5.41. The zero-order valence-corrected chi connectivity index (χ0v) is 10.1. The Hall–Kier alpha value is 0.680. The molecular weight excluding hydrogens is 312 g/mol. The summed E-state index contributed by atoms with van der Waals surface area (Å²) in [5.74, 6) is 0.302. The first-order chi connectivity index (χ1) is 5.29. The first-order valence-corrected chi connectivity index (χ1v) is 8.00. The molecule has 0 aliphatic heterocycles. The Morgan fingerprint density at radius 2 is 1.91 bits per heavy atom. The Balaban J connectivity index is 3.13. The van der Waals surface area contributed by atoms with Crippen LogP contribution in [0, 0.1) is 0 Å². The van der Waals surface area contributed by atoms with Gasteiger partial charge in [0.25, 0.3) is 0 Å². The SMILES string of the molecule is Oc1cccc(SBr)c1SBr. The van der Waals surface area contributed by atoms with Gasteiger partial charge >= 0.3 is 0 Å². The summed E-state index contributed by atoms with van der Waals surface area (Å²) in [6.07, 6.45) is 0. The van der Waals surface area contributed by atoms with Gasteiger partial charge in [-0.15, -0.1) is 0 Å². The maximum absolute atomic E-state index is 9.34. The summed E-state index contributed by atoms with van der Waals surface area (Å²) in [5, 5.41) is 9.34. The molecule has 0 bridgehead atoms. The number of halogens is 2. The van der Waals surface area contributed by atoms with Crippen LogP contribution in [0.2, 0.25) is 0 Å². The van der Waals surface area contributed by atoms with Crippen LogP contribution in [0.4, 0.5) is 0 Å². The molecule has 0 heterocycles. The lowest BCUT2D eigenvalue weighted by molar-refractivity contribution is 0.459. The standard InChI is InChI=1S/C6H4Br2OS2/c7-10-5-3-1-2-4(9)6(5)11-8/h1-3,9H. The molecule has 0 aliphatic rings. The lowest BCUT2D eigenvalue weighted by atomic mass is 10.3. The molecule has 1 N–H and O–H groups in total. The Kier molecular flexibility index (Phi) is 4.12. The molecule has 5 heteroatoms. The highest BCUT2D eigenvalue weighted by molar-refractivity contribution is 9.50. The fraction of sp³-hybridized carbons (Fsp3) is 0. The predicted molar refractivity (Wildman–Crippen MR) is 57.7 cm³/mol. The van der Waals surface area contributed by atoms with Crippen molar-refractivity contribution in [2.75, 3.05) is 0 Å². The monoisotopic (exact) mass is 314 g/mol. The lowest BCUT2D eigenvalue weighted by Gasteiger charge is -2.02. The maximum Gasteiger partial charge on any atom is 0.131 e. The molecular formula is C6H4Br2OS2. The molecule has 1 aromatic carbocycles. The Labute approximate surface area is 88.4 Å². The molecule has 0 atom stereocenters. The highest BCUT2D eigenvalue weighted by atomic mass is 79.9. The van der Waals surface area contributed by atoms with Crippen molar-refractivity contribution >= 4 is 50.0 Å². The Morgan fingerprint density at radius 3 is 2.36 bits per heavy atom. The summed E-state index contributed by atoms with van der Waals surface area (Å²) in [5.41, 5.74) is 0. The normalized spacial score (nSPS) is 10.0. The second kappa shape index (κ2) is 4.64. The summed E-state index contributed by atoms with van der Waals surface area (Å²) in [7, 11) is 2.79. The number of rotatable bonds is 2. The van der Waals surface area contributed by atoms with Crippen LogP contribution in [0.15, 0.2) is 28.0 Å². The minimum Gasteiger partial charge on any atom is -0.507 e. The number of phenolic OH excluding ortho intramolecular Hbond substituents is 1. The molecule has 0 saturated heterocycles. The number of hydrogen-bond donors (Lipinski definition) is 1. The van der Waals surface area contributed by atoms with Crippen LogP contribution in [-0.2, 0) is 0 Å². The number of benzene rings is 1. The molecule has 1 aromatic rings. The van der Waals surface area contributed by atoms with Gasteiger partial charge in [0.05, 0.1) is 4.90 Å². The van der Waals surface area contributed by atoms with Crippen molar-refractivity contribution < 1.29 is 5.11 Å². The summed E-state index contributed by atoms with van der Waals surface area (Å²) in [4.78, 5) is 1.85. The zero-order valence-electron chi connectivity index (χ0n) is 5.25. The lowest BCUT2D eigenvalue weighted by Crippen LogP contribution is -1.73. The fourth-order valence-electron chi connectivity index (χ4n) is 0.643. The fourth-order valence-corrected chi connectivity index (χ4v) is 3.96. The van der Waals surface area contributed by atoms with Crippen molar-refractivity contribution in [2.24, 2.45) is 0 Å². The van der Waals surface area contributed by atoms with E-state index in [2.05, 4.69) is 29.6 Å². The molecule has 0 unspecified atom stereocenters. The molecule has 1 nitrogen and oxygen atoms in total. The van der Waals surface area contributed by atoms with Gasteiger partial charge in [-0.25, -0.2) is 0 Å². The molecule has 0 aliphatic carbocycles. The van der Waals surface area contributed by atoms with E-state index in [0.29, 0.717) is 5.75 Å². The third kappa shape index (κ3) is 2.31. The predicted octanol–water partition coefficient (Wildman–Crippen LogP) is 4.20. The van der Waals surface area contributed by atoms with E-state index in [1.54, 1.807) is 6.07 Å². The van der Waals surface area contributed by atoms with Gasteiger partial charge in [0.15, 0.2) is 0 Å². The molecule has 0 saturated carbocycles. The summed E-state index contributed by atoms with van der Waals surface area (Å²) in [6.45, 7) is 0. The van der Waals surface area contributed by atoms with Crippen molar-refractivity contribution in [2.45, 2.75) is 9.79 Å². The van der Waals surface area contributed by atoms with Crippen molar-refractivity contribution in [3.8, 4) is 5.75 Å². The first-order valence-electron chi connectivity index (χ1n) is 2.68. The summed E-state index contributed by atoms with van der Waals surface area (Å²) >= 11 is 6.48. The second-order valence-corrected chi connectivity index (χ2v) is 4.86. The molecule has 0 spiro atoms. The van der Waals surface area contributed by atoms with E-state index in [1.807, 2.05) is 12.1 Å². The van der Waals surface area contributed by atoms with Gasteiger partial charge in [-0.2, -0.15) is 0 Å². The molecule has 0 amide bonds. The van der Waals surface area contributed by atoms with Gasteiger partial charge in [-0.05, 0) is 62.1 Å². The van der Waals surface area contributed by atoms with Gasteiger partial charge in [0, 0.05) is 4.90 Å². The van der Waals surface area contributed by atoms with Crippen molar-refractivity contribution in [3.63, 3.8) is 0 Å². The molecule has 60 valence electrons. The van der Waals surface area contributed by atoms with Crippen molar-refractivity contribution in [1.29, 1.82) is 0 Å². The second-order valence-electron chi connectivity index (χ2n) is 1.76. The Morgan fingerprint density at radius 1 is 1.18 bits per heavy atom. The molecule has 1 rings (SSSR count). The molecule has 0 radical (unpaired) electrons. The average Bonchev–Trinajstić information content (AvgIpc) is 2.04. The summed E-state index contributed by atoms with van der Waals surface area (Å²) < 4.78 is 0. The quantitative estimate of drug-likeness (QED) is 0.883. The molecule has 0 aromatic heterocycles. The number of aromatic hydroxyl groups is 1. The minimum absolute atomic E-state index is 0.302. The minimum atomic E-state index is 0.302. The van der Waals surface area contributed by atoms with E-state index in [-0.39, 0.29) is 0 Å². The third-order valence-corrected chi connectivity index (χ3v) is 4.35. The highest BCUT2D eigenvalue weighted by Gasteiger charge is 2.05. The zero-order chi connectivity index (χ0) is 8.27. The smallest absolute Gasteiger partial charge is 0.131 e. The van der Waals surface area contributed by atoms with E-state index in [9.17, 15) is 5.11 Å². The van der Waals surface area contributed by atoms with E-state index in [4.69, 9.17) is 0 Å². The van der Waals surface area contributed by atoms with Gasteiger partial charge in [0.2, 0.25) is 0 Å². The highest BCUT2D eigenvalue weighted by Crippen LogP contribution is 2.42. The molecule has 11 heavy (non-hydrogen) atoms.